The van der Waals surface area contributed by atoms with Gasteiger partial charge in [-0.3, -0.25) is 4.99 Å². The Bertz CT molecular complexity index is 680. The summed E-state index contributed by atoms with van der Waals surface area (Å²) in [5, 5.41) is 3.41. The van der Waals surface area contributed by atoms with Crippen LogP contribution >= 0.6 is 24.0 Å². The molecule has 1 saturated heterocycles. The van der Waals surface area contributed by atoms with Crippen LogP contribution in [-0.4, -0.2) is 69.7 Å². The number of aliphatic imine (C=N–C) groups is 1. The van der Waals surface area contributed by atoms with E-state index in [0.717, 1.165) is 25.1 Å². The van der Waals surface area contributed by atoms with Gasteiger partial charge in [0.2, 0.25) is 0 Å². The normalized spacial score (nSPS) is 18.6. The molecule has 0 spiro atoms. The highest BCUT2D eigenvalue weighted by Crippen LogP contribution is 2.32. The number of hydrogen-bond donors (Lipinski definition) is 1. The van der Waals surface area contributed by atoms with Gasteiger partial charge in [0.05, 0.1) is 18.7 Å². The summed E-state index contributed by atoms with van der Waals surface area (Å²) < 4.78 is 44.8. The van der Waals surface area contributed by atoms with Crippen molar-refractivity contribution in [3.63, 3.8) is 0 Å². The first-order valence-corrected chi connectivity index (χ1v) is 9.41. The molecule has 1 unspecified atom stereocenters. The summed E-state index contributed by atoms with van der Waals surface area (Å²) in [5.41, 5.74) is -0.0757. The van der Waals surface area contributed by atoms with Gasteiger partial charge in [-0.25, -0.2) is 0 Å². The number of halogens is 4. The summed E-state index contributed by atoms with van der Waals surface area (Å²) in [5.74, 6) is 0.743. The van der Waals surface area contributed by atoms with Crippen molar-refractivity contribution in [2.45, 2.75) is 26.1 Å². The number of rotatable bonds is 5. The Hall–Kier alpha value is -1.07. The first-order chi connectivity index (χ1) is 13.0. The summed E-state index contributed by atoms with van der Waals surface area (Å²) in [6.07, 6.45) is -4.79. The lowest BCUT2D eigenvalue weighted by atomic mass is 9.93. The maximum atomic E-state index is 13.0. The van der Waals surface area contributed by atoms with E-state index in [4.69, 9.17) is 4.74 Å². The molecule has 1 aromatic rings. The quantitative estimate of drug-likeness (QED) is 0.358. The highest BCUT2D eigenvalue weighted by atomic mass is 127. The maximum Gasteiger partial charge on any atom is 0.416 e. The van der Waals surface area contributed by atoms with Crippen LogP contribution in [0, 0.1) is 5.41 Å². The number of benzene rings is 1. The van der Waals surface area contributed by atoms with Crippen LogP contribution in [0.15, 0.2) is 29.3 Å². The fraction of sp³-hybridized carbons (Fsp3) is 0.650. The van der Waals surface area contributed by atoms with E-state index in [9.17, 15) is 13.2 Å². The van der Waals surface area contributed by atoms with E-state index in [1.54, 1.807) is 13.1 Å². The first kappa shape index (κ1) is 26.0. The van der Waals surface area contributed by atoms with Crippen molar-refractivity contribution >= 4 is 29.9 Å². The number of nitrogens with zero attached hydrogens (tertiary/aromatic N) is 3. The zero-order valence-electron chi connectivity index (χ0n) is 17.7. The van der Waals surface area contributed by atoms with Crippen LogP contribution < -0.4 is 5.32 Å². The molecule has 1 heterocycles. The molecule has 5 nitrogen and oxygen atoms in total. The van der Waals surface area contributed by atoms with E-state index in [1.807, 2.05) is 19.0 Å². The van der Waals surface area contributed by atoms with Crippen molar-refractivity contribution in [1.82, 2.24) is 15.1 Å². The van der Waals surface area contributed by atoms with E-state index < -0.39 is 17.8 Å². The largest absolute Gasteiger partial charge is 0.416 e. The molecule has 9 heteroatoms. The molecule has 0 amide bonds. The highest BCUT2D eigenvalue weighted by molar-refractivity contribution is 14.0. The summed E-state index contributed by atoms with van der Waals surface area (Å²) in [4.78, 5) is 8.54. The lowest BCUT2D eigenvalue weighted by molar-refractivity contribution is -0.137. The monoisotopic (exact) mass is 528 g/mol. The van der Waals surface area contributed by atoms with Gasteiger partial charge in [-0.2, -0.15) is 13.2 Å². The molecule has 0 saturated carbocycles. The van der Waals surface area contributed by atoms with Crippen LogP contribution in [0.3, 0.4) is 0 Å². The summed E-state index contributed by atoms with van der Waals surface area (Å²) in [7, 11) is 5.80. The summed E-state index contributed by atoms with van der Waals surface area (Å²) >= 11 is 0. The lowest BCUT2D eigenvalue weighted by Crippen LogP contribution is -2.50. The second-order valence-electron chi connectivity index (χ2n) is 8.23. The topological polar surface area (TPSA) is 40.1 Å². The van der Waals surface area contributed by atoms with E-state index in [-0.39, 0.29) is 29.4 Å². The van der Waals surface area contributed by atoms with Crippen LogP contribution in [0.2, 0.25) is 0 Å². The third-order valence-corrected chi connectivity index (χ3v) is 4.63. The van der Waals surface area contributed by atoms with Gasteiger partial charge in [0.15, 0.2) is 5.96 Å². The third-order valence-electron chi connectivity index (χ3n) is 4.63. The molecule has 0 aliphatic carbocycles. The van der Waals surface area contributed by atoms with Crippen LogP contribution in [0.5, 0.6) is 0 Å². The minimum Gasteiger partial charge on any atom is -0.370 e. The molecule has 2 rings (SSSR count). The zero-order chi connectivity index (χ0) is 20.9. The van der Waals surface area contributed by atoms with Crippen LogP contribution in [0.4, 0.5) is 13.2 Å². The number of morpholine rings is 1. The molecule has 29 heavy (non-hydrogen) atoms. The number of alkyl halides is 3. The fourth-order valence-corrected chi connectivity index (χ4v) is 3.52. The van der Waals surface area contributed by atoms with Crippen molar-refractivity contribution < 1.29 is 17.9 Å². The minimum absolute atomic E-state index is 0. The highest BCUT2D eigenvalue weighted by Gasteiger charge is 2.32. The first-order valence-electron chi connectivity index (χ1n) is 9.41. The van der Waals surface area contributed by atoms with Gasteiger partial charge in [0.25, 0.3) is 0 Å². The second kappa shape index (κ2) is 10.8. The van der Waals surface area contributed by atoms with E-state index in [0.29, 0.717) is 25.3 Å². The average Bonchev–Trinajstić information content (AvgIpc) is 2.61. The number of ether oxygens (including phenoxy) is 1. The van der Waals surface area contributed by atoms with Gasteiger partial charge in [-0.05, 0) is 37.2 Å². The molecule has 1 atom stereocenters. The molecular weight excluding hydrogens is 496 g/mol. The molecule has 1 aliphatic heterocycles. The lowest BCUT2D eigenvalue weighted by Gasteiger charge is -2.37. The standard InChI is InChI=1S/C20H31F3N4O.HI/c1-19(2,14-26(4)5)13-25-18(24-3)27-9-10-28-17(12-27)15-7-6-8-16(11-15)20(21,22)23;/h6-8,11,17H,9-10,12-14H2,1-5H3,(H,24,25);1H. The van der Waals surface area contributed by atoms with Crippen molar-refractivity contribution in [2.24, 2.45) is 10.4 Å². The summed E-state index contributed by atoms with van der Waals surface area (Å²) in [6.45, 7) is 7.55. The Morgan fingerprint density at radius 2 is 2.00 bits per heavy atom. The van der Waals surface area contributed by atoms with Crippen LogP contribution in [0.25, 0.3) is 0 Å². The molecule has 0 radical (unpaired) electrons. The van der Waals surface area contributed by atoms with Crippen molar-refractivity contribution in [1.29, 1.82) is 0 Å². The zero-order valence-corrected chi connectivity index (χ0v) is 20.0. The van der Waals surface area contributed by atoms with Gasteiger partial charge in [-0.15, -0.1) is 24.0 Å². The number of guanidine groups is 1. The molecule has 1 N–H and O–H groups in total. The Balaban J connectivity index is 0.00000420. The van der Waals surface area contributed by atoms with Crippen LogP contribution in [0.1, 0.15) is 31.1 Å². The van der Waals surface area contributed by atoms with Gasteiger partial charge in [-0.1, -0.05) is 26.0 Å². The number of hydrogen-bond acceptors (Lipinski definition) is 3. The SMILES string of the molecule is CN=C(NCC(C)(C)CN(C)C)N1CCOC(c2cccc(C(F)(F)F)c2)C1.I. The molecule has 1 aliphatic rings. The van der Waals surface area contributed by atoms with Gasteiger partial charge in [0, 0.05) is 26.7 Å². The second-order valence-corrected chi connectivity index (χ2v) is 8.23. The smallest absolute Gasteiger partial charge is 0.370 e. The van der Waals surface area contributed by atoms with Crippen molar-refractivity contribution in [3.8, 4) is 0 Å². The van der Waals surface area contributed by atoms with Gasteiger partial charge in [0.1, 0.15) is 6.10 Å². The van der Waals surface area contributed by atoms with Gasteiger partial charge < -0.3 is 19.9 Å². The maximum absolute atomic E-state index is 13.0. The molecule has 1 fully saturated rings. The van der Waals surface area contributed by atoms with Crippen molar-refractivity contribution in [2.75, 3.05) is 53.9 Å². The molecule has 0 bridgehead atoms. The minimum atomic E-state index is -4.36. The number of nitrogens with one attached hydrogen (secondary N) is 1. The molecule has 1 aromatic carbocycles. The fourth-order valence-electron chi connectivity index (χ4n) is 3.52. The molecule has 166 valence electrons. The average molecular weight is 528 g/mol. The summed E-state index contributed by atoms with van der Waals surface area (Å²) in [6, 6.07) is 5.36. The molecular formula is C20H32F3IN4O. The Kier molecular flexibility index (Phi) is 9.68. The Morgan fingerprint density at radius 3 is 2.59 bits per heavy atom. The predicted octanol–water partition coefficient (Wildman–Crippen LogP) is 3.86. The van der Waals surface area contributed by atoms with Gasteiger partial charge >= 0.3 is 6.18 Å². The molecule has 0 aromatic heterocycles. The van der Waals surface area contributed by atoms with Crippen molar-refractivity contribution in [3.05, 3.63) is 35.4 Å². The van der Waals surface area contributed by atoms with E-state index in [1.165, 1.54) is 12.1 Å². The third kappa shape index (κ3) is 7.93. The van der Waals surface area contributed by atoms with E-state index >= 15 is 0 Å². The Morgan fingerprint density at radius 1 is 1.31 bits per heavy atom. The van der Waals surface area contributed by atoms with E-state index in [2.05, 4.69) is 29.1 Å². The Labute approximate surface area is 188 Å². The predicted molar refractivity (Wildman–Crippen MR) is 121 cm³/mol. The van der Waals surface area contributed by atoms with Crippen LogP contribution in [-0.2, 0) is 10.9 Å².